The highest BCUT2D eigenvalue weighted by Gasteiger charge is 2.18. The van der Waals surface area contributed by atoms with Gasteiger partial charge in [-0.25, -0.2) is 4.79 Å². The Labute approximate surface area is 177 Å². The van der Waals surface area contributed by atoms with E-state index in [0.29, 0.717) is 22.6 Å². The molecule has 0 unspecified atom stereocenters. The highest BCUT2D eigenvalue weighted by atomic mass is 32.1. The van der Waals surface area contributed by atoms with Crippen LogP contribution in [0.2, 0.25) is 0 Å². The molecule has 0 saturated heterocycles. The Balaban J connectivity index is 1.42. The maximum atomic E-state index is 12.7. The second-order valence-electron chi connectivity index (χ2n) is 7.16. The lowest BCUT2D eigenvalue weighted by molar-refractivity contribution is 0.0474. The topological polar surface area (TPSA) is 78.5 Å². The third-order valence-electron chi connectivity index (χ3n) is 5.18. The summed E-state index contributed by atoms with van der Waals surface area (Å²) < 4.78 is 9.13. The number of hydrogen-bond donors (Lipinski definition) is 0. The van der Waals surface area contributed by atoms with Crippen LogP contribution in [-0.2, 0) is 17.7 Å². The molecule has 30 heavy (non-hydrogen) atoms. The number of aromatic nitrogens is 4. The molecule has 8 heteroatoms. The summed E-state index contributed by atoms with van der Waals surface area (Å²) in [7, 11) is 0. The third kappa shape index (κ3) is 3.91. The lowest BCUT2D eigenvalue weighted by Gasteiger charge is -2.09. The zero-order valence-electron chi connectivity index (χ0n) is 17.1. The van der Waals surface area contributed by atoms with Gasteiger partial charge in [0.2, 0.25) is 5.78 Å². The minimum absolute atomic E-state index is 0.208. The fourth-order valence-corrected chi connectivity index (χ4v) is 4.22. The second kappa shape index (κ2) is 8.23. The van der Waals surface area contributed by atoms with Crippen LogP contribution in [0.4, 0.5) is 0 Å². The van der Waals surface area contributed by atoms with Crippen LogP contribution in [0.15, 0.2) is 41.9 Å². The molecule has 0 radical (unpaired) electrons. The molecule has 4 heterocycles. The van der Waals surface area contributed by atoms with Crippen LogP contribution in [-0.4, -0.2) is 37.5 Å². The Morgan fingerprint density at radius 1 is 1.13 bits per heavy atom. The zero-order chi connectivity index (χ0) is 21.3. The normalized spacial score (nSPS) is 11.2. The first kappa shape index (κ1) is 20.0. The van der Waals surface area contributed by atoms with Crippen LogP contribution in [0.1, 0.15) is 42.8 Å². The maximum absolute atomic E-state index is 12.7. The fourth-order valence-electron chi connectivity index (χ4n) is 3.52. The van der Waals surface area contributed by atoms with Gasteiger partial charge in [0, 0.05) is 34.6 Å². The fraction of sp³-hybridized carbons (Fsp3) is 0.273. The van der Waals surface area contributed by atoms with Crippen molar-refractivity contribution in [2.45, 2.75) is 33.7 Å². The van der Waals surface area contributed by atoms with Gasteiger partial charge < -0.3 is 9.30 Å². The number of rotatable bonds is 7. The minimum Gasteiger partial charge on any atom is -0.454 e. The van der Waals surface area contributed by atoms with Crippen molar-refractivity contribution in [1.82, 2.24) is 19.2 Å². The molecule has 0 fully saturated rings. The molecule has 0 aliphatic carbocycles. The number of carbonyl (C=O) groups excluding carboxylic acids is 2. The molecule has 0 aromatic carbocycles. The summed E-state index contributed by atoms with van der Waals surface area (Å²) in [4.78, 5) is 26.4. The van der Waals surface area contributed by atoms with Crippen molar-refractivity contribution in [2.24, 2.45) is 0 Å². The summed E-state index contributed by atoms with van der Waals surface area (Å²) in [5.41, 5.74) is 3.50. The van der Waals surface area contributed by atoms with E-state index in [1.165, 1.54) is 4.88 Å². The number of pyridine rings is 1. The SMILES string of the molecule is Cc1cc(C(=O)COC(=O)c2ccc3nnc(C)n3c2)c(C)n1CCc1cccs1. The maximum Gasteiger partial charge on any atom is 0.340 e. The number of ketones is 1. The first-order valence-electron chi connectivity index (χ1n) is 9.65. The van der Waals surface area contributed by atoms with Gasteiger partial charge in [-0.1, -0.05) is 6.07 Å². The van der Waals surface area contributed by atoms with Crippen LogP contribution < -0.4 is 0 Å². The largest absolute Gasteiger partial charge is 0.454 e. The van der Waals surface area contributed by atoms with E-state index in [2.05, 4.69) is 26.2 Å². The Bertz CT molecular complexity index is 1220. The van der Waals surface area contributed by atoms with Gasteiger partial charge in [-0.3, -0.25) is 9.20 Å². The van der Waals surface area contributed by atoms with Gasteiger partial charge >= 0.3 is 5.97 Å². The van der Waals surface area contributed by atoms with E-state index in [1.807, 2.05) is 26.0 Å². The van der Waals surface area contributed by atoms with Gasteiger partial charge in [0.05, 0.1) is 5.56 Å². The summed E-state index contributed by atoms with van der Waals surface area (Å²) in [5.74, 6) is -0.0871. The summed E-state index contributed by atoms with van der Waals surface area (Å²) >= 11 is 1.73. The van der Waals surface area contributed by atoms with E-state index in [4.69, 9.17) is 4.74 Å². The summed E-state index contributed by atoms with van der Waals surface area (Å²) in [6.07, 6.45) is 2.54. The number of carbonyl (C=O) groups is 2. The van der Waals surface area contributed by atoms with Crippen molar-refractivity contribution in [3.05, 3.63) is 75.1 Å². The molecule has 4 rings (SSSR count). The van der Waals surface area contributed by atoms with Crippen molar-refractivity contribution in [3.63, 3.8) is 0 Å². The van der Waals surface area contributed by atoms with Crippen LogP contribution in [0.3, 0.4) is 0 Å². The molecule has 0 atom stereocenters. The molecule has 0 aliphatic heterocycles. The summed E-state index contributed by atoms with van der Waals surface area (Å²) in [6, 6.07) is 9.34. The van der Waals surface area contributed by atoms with Gasteiger partial charge in [0.1, 0.15) is 5.82 Å². The zero-order valence-corrected chi connectivity index (χ0v) is 17.9. The van der Waals surface area contributed by atoms with E-state index in [9.17, 15) is 9.59 Å². The number of ether oxygens (including phenoxy) is 1. The predicted molar refractivity (Wildman–Crippen MR) is 114 cm³/mol. The Morgan fingerprint density at radius 3 is 2.73 bits per heavy atom. The summed E-state index contributed by atoms with van der Waals surface area (Å²) in [5, 5.41) is 10.0. The van der Waals surface area contributed by atoms with Crippen LogP contribution in [0.25, 0.3) is 5.65 Å². The van der Waals surface area contributed by atoms with E-state index >= 15 is 0 Å². The first-order valence-corrected chi connectivity index (χ1v) is 10.5. The average Bonchev–Trinajstić information content (AvgIpc) is 3.45. The average molecular weight is 423 g/mol. The Hall–Kier alpha value is -3.26. The molecule has 0 bridgehead atoms. The van der Waals surface area contributed by atoms with Crippen molar-refractivity contribution < 1.29 is 14.3 Å². The Kier molecular flexibility index (Phi) is 5.50. The van der Waals surface area contributed by atoms with Crippen LogP contribution in [0, 0.1) is 20.8 Å². The number of Topliss-reactive ketones (excluding diaryl/α,β-unsaturated/α-hetero) is 1. The molecular formula is C22H22N4O3S. The quantitative estimate of drug-likeness (QED) is 0.334. The van der Waals surface area contributed by atoms with Crippen molar-refractivity contribution >= 4 is 28.7 Å². The molecular weight excluding hydrogens is 400 g/mol. The lowest BCUT2D eigenvalue weighted by Crippen LogP contribution is -2.15. The van der Waals surface area contributed by atoms with E-state index < -0.39 is 5.97 Å². The molecule has 0 saturated carbocycles. The van der Waals surface area contributed by atoms with E-state index in [0.717, 1.165) is 24.4 Å². The lowest BCUT2D eigenvalue weighted by atomic mass is 10.1. The summed E-state index contributed by atoms with van der Waals surface area (Å²) in [6.45, 7) is 6.23. The number of esters is 1. The van der Waals surface area contributed by atoms with Gasteiger partial charge in [-0.15, -0.1) is 21.5 Å². The Morgan fingerprint density at radius 2 is 1.97 bits per heavy atom. The number of hydrogen-bond acceptors (Lipinski definition) is 6. The number of nitrogens with zero attached hydrogens (tertiary/aromatic N) is 4. The number of fused-ring (bicyclic) bond motifs is 1. The van der Waals surface area contributed by atoms with Crippen molar-refractivity contribution in [2.75, 3.05) is 6.61 Å². The predicted octanol–water partition coefficient (Wildman–Crippen LogP) is 3.80. The molecule has 4 aromatic rings. The smallest absolute Gasteiger partial charge is 0.340 e. The molecule has 0 spiro atoms. The van der Waals surface area contributed by atoms with Crippen molar-refractivity contribution in [3.8, 4) is 0 Å². The molecule has 0 N–H and O–H groups in total. The number of aryl methyl sites for hydroxylation is 3. The second-order valence-corrected chi connectivity index (χ2v) is 8.19. The van der Waals surface area contributed by atoms with E-state index in [1.54, 1.807) is 41.0 Å². The van der Waals surface area contributed by atoms with Crippen LogP contribution >= 0.6 is 11.3 Å². The monoisotopic (exact) mass is 422 g/mol. The van der Waals surface area contributed by atoms with Crippen LogP contribution in [0.5, 0.6) is 0 Å². The van der Waals surface area contributed by atoms with Gasteiger partial charge in [-0.05, 0) is 56.8 Å². The van der Waals surface area contributed by atoms with Gasteiger partial charge in [0.25, 0.3) is 0 Å². The molecule has 4 aromatic heterocycles. The van der Waals surface area contributed by atoms with Crippen molar-refractivity contribution in [1.29, 1.82) is 0 Å². The minimum atomic E-state index is -0.551. The first-order chi connectivity index (χ1) is 14.4. The highest BCUT2D eigenvalue weighted by molar-refractivity contribution is 7.09. The van der Waals surface area contributed by atoms with Gasteiger partial charge in [-0.2, -0.15) is 0 Å². The molecule has 7 nitrogen and oxygen atoms in total. The standard InChI is InChI=1S/C22H22N4O3S/c1-14-11-19(15(2)25(14)9-8-18-5-4-10-30-18)20(27)13-29-22(28)17-6-7-21-24-23-16(3)26(21)12-17/h4-7,10-12H,8-9,13H2,1-3H3. The van der Waals surface area contributed by atoms with E-state index in [-0.39, 0.29) is 12.4 Å². The number of thiophene rings is 1. The molecule has 154 valence electrons. The highest BCUT2D eigenvalue weighted by Crippen LogP contribution is 2.18. The third-order valence-corrected chi connectivity index (χ3v) is 6.11. The van der Waals surface area contributed by atoms with Gasteiger partial charge in [0.15, 0.2) is 12.3 Å². The molecule has 0 aliphatic rings. The molecule has 0 amide bonds.